The predicted molar refractivity (Wildman–Crippen MR) is 109 cm³/mol. The number of anilines is 1. The number of nitrogens with zero attached hydrogens (tertiary/aromatic N) is 2. The minimum Gasteiger partial charge on any atom is -0.457 e. The zero-order chi connectivity index (χ0) is 20.1. The number of piperazine rings is 1. The first-order valence-corrected chi connectivity index (χ1v) is 9.98. The fourth-order valence-corrected chi connectivity index (χ4v) is 3.54. The van der Waals surface area contributed by atoms with Crippen molar-refractivity contribution in [2.45, 2.75) is 18.9 Å². The van der Waals surface area contributed by atoms with Gasteiger partial charge in [0.15, 0.2) is 0 Å². The molecule has 2 fully saturated rings. The van der Waals surface area contributed by atoms with Crippen LogP contribution in [0.15, 0.2) is 54.6 Å². The highest BCUT2D eigenvalue weighted by atomic mass is 16.5. The summed E-state index contributed by atoms with van der Waals surface area (Å²) in [6, 6.07) is 16.6. The largest absolute Gasteiger partial charge is 0.457 e. The van der Waals surface area contributed by atoms with E-state index in [2.05, 4.69) is 5.32 Å². The molecule has 4 rings (SSSR count). The molecule has 0 bridgehead atoms. The van der Waals surface area contributed by atoms with E-state index in [0.717, 1.165) is 18.6 Å². The summed E-state index contributed by atoms with van der Waals surface area (Å²) in [5.74, 6) is 1.52. The van der Waals surface area contributed by atoms with Crippen LogP contribution in [-0.2, 0) is 9.53 Å². The topological polar surface area (TPSA) is 71.1 Å². The molecule has 3 amide bonds. The minimum absolute atomic E-state index is 0.0524. The molecule has 7 heteroatoms. The lowest BCUT2D eigenvalue weighted by Gasteiger charge is -2.35. The molecule has 1 N–H and O–H groups in total. The lowest BCUT2D eigenvalue weighted by Crippen LogP contribution is -2.53. The van der Waals surface area contributed by atoms with Crippen LogP contribution < -0.4 is 10.1 Å². The van der Waals surface area contributed by atoms with Gasteiger partial charge in [0.05, 0.1) is 0 Å². The average Bonchev–Trinajstić information content (AvgIpc) is 3.30. The molecule has 0 unspecified atom stereocenters. The van der Waals surface area contributed by atoms with Gasteiger partial charge in [-0.3, -0.25) is 4.79 Å². The monoisotopic (exact) mass is 395 g/mol. The molecule has 0 spiro atoms. The van der Waals surface area contributed by atoms with Crippen LogP contribution in [-0.4, -0.2) is 60.6 Å². The van der Waals surface area contributed by atoms with Crippen LogP contribution >= 0.6 is 0 Å². The predicted octanol–water partition coefficient (Wildman–Crippen LogP) is 3.33. The van der Waals surface area contributed by atoms with Gasteiger partial charge in [0.2, 0.25) is 0 Å². The standard InChI is InChI=1S/C22H25N3O4/c26-21(20-7-4-16-28-20)24-12-14-25(15-13-24)22(27)23-17-8-10-19(11-9-17)29-18-5-2-1-3-6-18/h1-3,5-6,8-11,20H,4,7,12-16H2,(H,23,27)/t20-/m0/s1. The van der Waals surface area contributed by atoms with Gasteiger partial charge < -0.3 is 24.6 Å². The van der Waals surface area contributed by atoms with Gasteiger partial charge in [-0.05, 0) is 49.2 Å². The van der Waals surface area contributed by atoms with Gasteiger partial charge in [0.25, 0.3) is 5.91 Å². The molecule has 2 aliphatic heterocycles. The summed E-state index contributed by atoms with van der Waals surface area (Å²) < 4.78 is 11.2. The van der Waals surface area contributed by atoms with Gasteiger partial charge in [-0.15, -0.1) is 0 Å². The zero-order valence-corrected chi connectivity index (χ0v) is 16.3. The molecule has 1 atom stereocenters. The van der Waals surface area contributed by atoms with Crippen LogP contribution in [0.1, 0.15) is 12.8 Å². The minimum atomic E-state index is -0.299. The molecule has 0 aromatic heterocycles. The van der Waals surface area contributed by atoms with Crippen molar-refractivity contribution in [2.75, 3.05) is 38.1 Å². The Morgan fingerprint density at radius 1 is 0.897 bits per heavy atom. The Morgan fingerprint density at radius 3 is 2.21 bits per heavy atom. The molecule has 0 radical (unpaired) electrons. The van der Waals surface area contributed by atoms with E-state index in [1.54, 1.807) is 9.80 Å². The van der Waals surface area contributed by atoms with Crippen molar-refractivity contribution < 1.29 is 19.1 Å². The number of carbonyl (C=O) groups excluding carboxylic acids is 2. The van der Waals surface area contributed by atoms with Crippen molar-refractivity contribution in [3.05, 3.63) is 54.6 Å². The van der Waals surface area contributed by atoms with E-state index >= 15 is 0 Å². The summed E-state index contributed by atoms with van der Waals surface area (Å²) in [4.78, 5) is 28.5. The maximum atomic E-state index is 12.5. The van der Waals surface area contributed by atoms with E-state index in [1.807, 2.05) is 54.6 Å². The van der Waals surface area contributed by atoms with Crippen LogP contribution in [0.5, 0.6) is 11.5 Å². The van der Waals surface area contributed by atoms with Crippen LogP contribution in [0.4, 0.5) is 10.5 Å². The SMILES string of the molecule is O=C(Nc1ccc(Oc2ccccc2)cc1)N1CCN(C(=O)[C@@H]2CCCO2)CC1. The van der Waals surface area contributed by atoms with Crippen molar-refractivity contribution in [1.29, 1.82) is 0 Å². The van der Waals surface area contributed by atoms with Crippen LogP contribution in [0.2, 0.25) is 0 Å². The number of carbonyl (C=O) groups is 2. The Hall–Kier alpha value is -3.06. The third kappa shape index (κ3) is 4.86. The highest BCUT2D eigenvalue weighted by Gasteiger charge is 2.31. The molecule has 7 nitrogen and oxygen atoms in total. The lowest BCUT2D eigenvalue weighted by atomic mass is 10.2. The Labute approximate surface area is 170 Å². The Bertz CT molecular complexity index is 827. The smallest absolute Gasteiger partial charge is 0.321 e. The normalized spacial score (nSPS) is 19.1. The van der Waals surface area contributed by atoms with Gasteiger partial charge in [-0.1, -0.05) is 18.2 Å². The van der Waals surface area contributed by atoms with Gasteiger partial charge in [-0.2, -0.15) is 0 Å². The van der Waals surface area contributed by atoms with Crippen molar-refractivity contribution in [3.63, 3.8) is 0 Å². The lowest BCUT2D eigenvalue weighted by molar-refractivity contribution is -0.142. The van der Waals surface area contributed by atoms with Gasteiger partial charge >= 0.3 is 6.03 Å². The van der Waals surface area contributed by atoms with E-state index in [9.17, 15) is 9.59 Å². The average molecular weight is 395 g/mol. The van der Waals surface area contributed by atoms with Crippen LogP contribution in [0.25, 0.3) is 0 Å². The third-order valence-corrected chi connectivity index (χ3v) is 5.17. The molecule has 0 aliphatic carbocycles. The van der Waals surface area contributed by atoms with E-state index in [0.29, 0.717) is 44.2 Å². The number of nitrogens with one attached hydrogen (secondary N) is 1. The summed E-state index contributed by atoms with van der Waals surface area (Å²) in [7, 11) is 0. The first-order valence-electron chi connectivity index (χ1n) is 9.98. The highest BCUT2D eigenvalue weighted by Crippen LogP contribution is 2.23. The van der Waals surface area contributed by atoms with Gasteiger partial charge in [0, 0.05) is 38.5 Å². The quantitative estimate of drug-likeness (QED) is 0.862. The number of hydrogen-bond donors (Lipinski definition) is 1. The fourth-order valence-electron chi connectivity index (χ4n) is 3.54. The molecule has 2 aliphatic rings. The number of hydrogen-bond acceptors (Lipinski definition) is 4. The Balaban J connectivity index is 1.26. The van der Waals surface area contributed by atoms with Crippen molar-refractivity contribution in [3.8, 4) is 11.5 Å². The fraction of sp³-hybridized carbons (Fsp3) is 0.364. The first kappa shape index (κ1) is 19.3. The first-order chi connectivity index (χ1) is 14.2. The maximum Gasteiger partial charge on any atom is 0.321 e. The zero-order valence-electron chi connectivity index (χ0n) is 16.3. The summed E-state index contributed by atoms with van der Waals surface area (Å²) in [6.07, 6.45) is 1.43. The molecule has 0 saturated carbocycles. The molecule has 2 heterocycles. The van der Waals surface area contributed by atoms with Crippen molar-refractivity contribution in [1.82, 2.24) is 9.80 Å². The third-order valence-electron chi connectivity index (χ3n) is 5.17. The second-order valence-corrected chi connectivity index (χ2v) is 7.18. The molecule has 29 heavy (non-hydrogen) atoms. The van der Waals surface area contributed by atoms with E-state index < -0.39 is 0 Å². The molecule has 2 aromatic carbocycles. The highest BCUT2D eigenvalue weighted by molar-refractivity contribution is 5.89. The molecule has 2 aromatic rings. The molecule has 152 valence electrons. The number of amides is 3. The Kier molecular flexibility index (Phi) is 5.95. The summed E-state index contributed by atoms with van der Waals surface area (Å²) in [6.45, 7) is 2.76. The number of ether oxygens (including phenoxy) is 2. The van der Waals surface area contributed by atoms with Gasteiger partial charge in [-0.25, -0.2) is 4.79 Å². The molecule has 2 saturated heterocycles. The van der Waals surface area contributed by atoms with E-state index in [1.165, 1.54) is 0 Å². The number of para-hydroxylation sites is 1. The van der Waals surface area contributed by atoms with Crippen LogP contribution in [0.3, 0.4) is 0 Å². The van der Waals surface area contributed by atoms with Crippen molar-refractivity contribution in [2.24, 2.45) is 0 Å². The maximum absolute atomic E-state index is 12.5. The summed E-state index contributed by atoms with van der Waals surface area (Å²) >= 11 is 0. The second kappa shape index (κ2) is 8.96. The van der Waals surface area contributed by atoms with Crippen molar-refractivity contribution >= 4 is 17.6 Å². The van der Waals surface area contributed by atoms with E-state index in [-0.39, 0.29) is 18.0 Å². The number of rotatable bonds is 4. The number of urea groups is 1. The number of benzene rings is 2. The second-order valence-electron chi connectivity index (χ2n) is 7.18. The molecular formula is C22H25N3O4. The molecular weight excluding hydrogens is 370 g/mol. The summed E-state index contributed by atoms with van der Waals surface area (Å²) in [5, 5.41) is 2.91. The van der Waals surface area contributed by atoms with Crippen LogP contribution in [0, 0.1) is 0 Å². The summed E-state index contributed by atoms with van der Waals surface area (Å²) in [5.41, 5.74) is 0.702. The van der Waals surface area contributed by atoms with Gasteiger partial charge in [0.1, 0.15) is 17.6 Å². The van der Waals surface area contributed by atoms with E-state index in [4.69, 9.17) is 9.47 Å². The Morgan fingerprint density at radius 2 is 1.55 bits per heavy atom.